The highest BCUT2D eigenvalue weighted by Crippen LogP contribution is 2.21. The lowest BCUT2D eigenvalue weighted by molar-refractivity contribution is 0.0599. The van der Waals surface area contributed by atoms with Crippen LogP contribution in [0.15, 0.2) is 12.1 Å². The van der Waals surface area contributed by atoms with Crippen LogP contribution in [0, 0.1) is 9.39 Å². The van der Waals surface area contributed by atoms with Crippen molar-refractivity contribution in [3.8, 4) is 0 Å². The second-order valence-corrected chi connectivity index (χ2v) is 3.43. The third-order valence-corrected chi connectivity index (χ3v) is 2.67. The van der Waals surface area contributed by atoms with Crippen LogP contribution in [-0.2, 0) is 4.74 Å². The fraction of sp³-hybridized carbons (Fsp3) is 0.125. The van der Waals surface area contributed by atoms with E-state index in [2.05, 4.69) is 4.74 Å². The van der Waals surface area contributed by atoms with Gasteiger partial charge in [0.2, 0.25) is 0 Å². The highest BCUT2D eigenvalue weighted by atomic mass is 127. The van der Waals surface area contributed by atoms with Gasteiger partial charge in [-0.3, -0.25) is 0 Å². The minimum Gasteiger partial charge on any atom is -0.465 e. The molecule has 1 aromatic rings. The molecule has 5 heteroatoms. The van der Waals surface area contributed by atoms with Crippen molar-refractivity contribution in [1.82, 2.24) is 0 Å². The largest absolute Gasteiger partial charge is 0.465 e. The number of methoxy groups -OCH3 is 1. The van der Waals surface area contributed by atoms with Crippen LogP contribution in [0.4, 0.5) is 10.1 Å². The minimum absolute atomic E-state index is 0.153. The maximum Gasteiger partial charge on any atom is 0.339 e. The fourth-order valence-corrected chi connectivity index (χ4v) is 1.40. The van der Waals surface area contributed by atoms with Crippen LogP contribution in [0.1, 0.15) is 10.4 Å². The summed E-state index contributed by atoms with van der Waals surface area (Å²) in [5.41, 5.74) is 5.85. The van der Waals surface area contributed by atoms with E-state index in [0.717, 1.165) is 12.1 Å². The van der Waals surface area contributed by atoms with E-state index in [0.29, 0.717) is 3.57 Å². The Labute approximate surface area is 88.2 Å². The fourth-order valence-electron chi connectivity index (χ4n) is 0.869. The summed E-state index contributed by atoms with van der Waals surface area (Å²) in [5.74, 6) is -1.13. The highest BCUT2D eigenvalue weighted by molar-refractivity contribution is 14.1. The van der Waals surface area contributed by atoms with Gasteiger partial charge in [-0.1, -0.05) is 0 Å². The Kier molecular flexibility index (Phi) is 3.07. The van der Waals surface area contributed by atoms with Gasteiger partial charge in [0.05, 0.1) is 16.2 Å². The standard InChI is InChI=1S/C8H7FINO2/c1-13-8(12)5-2-4(9)3-6(11)7(5)10/h2-3H,11H2,1H3. The van der Waals surface area contributed by atoms with E-state index in [-0.39, 0.29) is 11.3 Å². The number of hydrogen-bond acceptors (Lipinski definition) is 3. The average molecular weight is 295 g/mol. The van der Waals surface area contributed by atoms with Gasteiger partial charge in [0.15, 0.2) is 0 Å². The van der Waals surface area contributed by atoms with Crippen molar-refractivity contribution < 1.29 is 13.9 Å². The molecule has 3 nitrogen and oxygen atoms in total. The molecule has 0 aliphatic heterocycles. The lowest BCUT2D eigenvalue weighted by Gasteiger charge is -2.04. The Bertz CT molecular complexity index is 354. The van der Waals surface area contributed by atoms with Gasteiger partial charge in [-0.2, -0.15) is 0 Å². The number of anilines is 1. The monoisotopic (exact) mass is 295 g/mol. The van der Waals surface area contributed by atoms with Crippen molar-refractivity contribution in [1.29, 1.82) is 0 Å². The summed E-state index contributed by atoms with van der Waals surface area (Å²) in [6, 6.07) is 2.26. The number of carbonyl (C=O) groups excluding carboxylic acids is 1. The summed E-state index contributed by atoms with van der Waals surface area (Å²) in [6.07, 6.45) is 0. The summed E-state index contributed by atoms with van der Waals surface area (Å²) in [4.78, 5) is 11.1. The molecular formula is C8H7FINO2. The molecule has 2 N–H and O–H groups in total. The molecule has 0 bridgehead atoms. The lowest BCUT2D eigenvalue weighted by atomic mass is 10.2. The molecule has 70 valence electrons. The van der Waals surface area contributed by atoms with Gasteiger partial charge in [-0.05, 0) is 34.7 Å². The number of carbonyl (C=O) groups is 1. The molecule has 0 aliphatic carbocycles. The van der Waals surface area contributed by atoms with Crippen LogP contribution in [0.2, 0.25) is 0 Å². The Balaban J connectivity index is 3.28. The molecule has 13 heavy (non-hydrogen) atoms. The van der Waals surface area contributed by atoms with E-state index >= 15 is 0 Å². The summed E-state index contributed by atoms with van der Waals surface area (Å²) in [7, 11) is 1.24. The molecule has 0 unspecified atom stereocenters. The van der Waals surface area contributed by atoms with Gasteiger partial charge in [0.25, 0.3) is 0 Å². The van der Waals surface area contributed by atoms with Crippen molar-refractivity contribution in [3.63, 3.8) is 0 Å². The second kappa shape index (κ2) is 3.91. The third kappa shape index (κ3) is 2.09. The number of halogens is 2. The van der Waals surface area contributed by atoms with E-state index in [1.54, 1.807) is 0 Å². The summed E-state index contributed by atoms with van der Waals surface area (Å²) in [5, 5.41) is 0. The van der Waals surface area contributed by atoms with E-state index in [4.69, 9.17) is 5.73 Å². The van der Waals surface area contributed by atoms with E-state index < -0.39 is 11.8 Å². The van der Waals surface area contributed by atoms with Gasteiger partial charge >= 0.3 is 5.97 Å². The molecule has 0 radical (unpaired) electrons. The molecule has 0 fully saturated rings. The minimum atomic E-state index is -0.587. The molecule has 0 saturated carbocycles. The van der Waals surface area contributed by atoms with Crippen molar-refractivity contribution >= 4 is 34.2 Å². The Morgan fingerprint density at radius 1 is 1.62 bits per heavy atom. The van der Waals surface area contributed by atoms with Crippen LogP contribution < -0.4 is 5.73 Å². The first kappa shape index (κ1) is 10.2. The zero-order chi connectivity index (χ0) is 10.0. The lowest BCUT2D eigenvalue weighted by Crippen LogP contribution is -2.06. The van der Waals surface area contributed by atoms with Crippen molar-refractivity contribution in [3.05, 3.63) is 27.1 Å². The first-order valence-corrected chi connectivity index (χ1v) is 4.47. The Hall–Kier alpha value is -0.850. The molecule has 0 atom stereocenters. The van der Waals surface area contributed by atoms with Gasteiger partial charge in [0.1, 0.15) is 5.82 Å². The number of ether oxygens (including phenoxy) is 1. The first-order chi connectivity index (χ1) is 6.06. The third-order valence-electron chi connectivity index (χ3n) is 1.47. The van der Waals surface area contributed by atoms with Crippen LogP contribution in [0.25, 0.3) is 0 Å². The molecule has 1 aromatic carbocycles. The molecule has 0 amide bonds. The van der Waals surface area contributed by atoms with E-state index in [1.165, 1.54) is 7.11 Å². The maximum absolute atomic E-state index is 12.8. The van der Waals surface area contributed by atoms with Crippen LogP contribution in [0.5, 0.6) is 0 Å². The number of nitrogens with two attached hydrogens (primary N) is 1. The number of rotatable bonds is 1. The van der Waals surface area contributed by atoms with Gasteiger partial charge in [-0.15, -0.1) is 0 Å². The second-order valence-electron chi connectivity index (χ2n) is 2.35. The smallest absolute Gasteiger partial charge is 0.339 e. The molecular weight excluding hydrogens is 288 g/mol. The summed E-state index contributed by atoms with van der Waals surface area (Å²) >= 11 is 1.87. The summed E-state index contributed by atoms with van der Waals surface area (Å²) in [6.45, 7) is 0. The van der Waals surface area contributed by atoms with Crippen LogP contribution in [0.3, 0.4) is 0 Å². The van der Waals surface area contributed by atoms with Crippen molar-refractivity contribution in [2.24, 2.45) is 0 Å². The van der Waals surface area contributed by atoms with Crippen molar-refractivity contribution in [2.75, 3.05) is 12.8 Å². The quantitative estimate of drug-likeness (QED) is 0.488. The highest BCUT2D eigenvalue weighted by Gasteiger charge is 2.13. The van der Waals surface area contributed by atoms with Gasteiger partial charge in [0, 0.05) is 5.69 Å². The number of benzene rings is 1. The van der Waals surface area contributed by atoms with Crippen LogP contribution >= 0.6 is 22.6 Å². The van der Waals surface area contributed by atoms with Crippen molar-refractivity contribution in [2.45, 2.75) is 0 Å². The number of esters is 1. The zero-order valence-electron chi connectivity index (χ0n) is 6.80. The molecule has 0 aromatic heterocycles. The number of nitrogen functional groups attached to an aromatic ring is 1. The van der Waals surface area contributed by atoms with Crippen LogP contribution in [-0.4, -0.2) is 13.1 Å². The normalized spacial score (nSPS) is 9.77. The predicted molar refractivity (Wildman–Crippen MR) is 54.9 cm³/mol. The van der Waals surface area contributed by atoms with Gasteiger partial charge < -0.3 is 10.5 Å². The maximum atomic E-state index is 12.8. The Morgan fingerprint density at radius 2 is 2.23 bits per heavy atom. The molecule has 0 aliphatic rings. The number of hydrogen-bond donors (Lipinski definition) is 1. The topological polar surface area (TPSA) is 52.3 Å². The zero-order valence-corrected chi connectivity index (χ0v) is 8.96. The molecule has 0 saturated heterocycles. The first-order valence-electron chi connectivity index (χ1n) is 3.39. The molecule has 0 heterocycles. The van der Waals surface area contributed by atoms with E-state index in [9.17, 15) is 9.18 Å². The summed E-state index contributed by atoms with van der Waals surface area (Å²) < 4.78 is 17.8. The predicted octanol–water partition coefficient (Wildman–Crippen LogP) is 1.80. The molecule has 0 spiro atoms. The average Bonchev–Trinajstić information content (AvgIpc) is 2.10. The van der Waals surface area contributed by atoms with E-state index in [1.807, 2.05) is 22.6 Å². The molecule has 1 rings (SSSR count). The SMILES string of the molecule is COC(=O)c1cc(F)cc(N)c1I. The van der Waals surface area contributed by atoms with Gasteiger partial charge in [-0.25, -0.2) is 9.18 Å². The Morgan fingerprint density at radius 3 is 2.77 bits per heavy atom.